The van der Waals surface area contributed by atoms with E-state index in [0.717, 1.165) is 18.9 Å². The number of rotatable bonds is 6. The number of carbonyl (C=O) groups excluding carboxylic acids is 1. The standard InChI is InChI=1S/C15H24N4O2/c1-3-21-15(20)12-10-14(17-11-13(12)16)18(2)8-9-19-6-4-5-7-19/h10-11H,3-9,16H2,1-2H3. The summed E-state index contributed by atoms with van der Waals surface area (Å²) in [5.74, 6) is 0.345. The summed E-state index contributed by atoms with van der Waals surface area (Å²) in [5, 5.41) is 0. The van der Waals surface area contributed by atoms with Gasteiger partial charge in [0.15, 0.2) is 0 Å². The molecule has 0 spiro atoms. The summed E-state index contributed by atoms with van der Waals surface area (Å²) in [5.41, 5.74) is 6.54. The van der Waals surface area contributed by atoms with Gasteiger partial charge in [-0.1, -0.05) is 0 Å². The lowest BCUT2D eigenvalue weighted by Gasteiger charge is -2.22. The van der Waals surface area contributed by atoms with Crippen molar-refractivity contribution in [3.8, 4) is 0 Å². The fourth-order valence-electron chi connectivity index (χ4n) is 2.46. The highest BCUT2D eigenvalue weighted by Gasteiger charge is 2.16. The number of carbonyl (C=O) groups is 1. The second-order valence-electron chi connectivity index (χ2n) is 5.32. The maximum atomic E-state index is 11.9. The van der Waals surface area contributed by atoms with Crippen molar-refractivity contribution in [1.82, 2.24) is 9.88 Å². The molecule has 116 valence electrons. The van der Waals surface area contributed by atoms with Crippen LogP contribution in [0.15, 0.2) is 12.3 Å². The summed E-state index contributed by atoms with van der Waals surface area (Å²) < 4.78 is 5.01. The Balaban J connectivity index is 2.01. The normalized spacial score (nSPS) is 15.1. The molecule has 0 radical (unpaired) electrons. The van der Waals surface area contributed by atoms with E-state index in [1.165, 1.54) is 32.1 Å². The molecule has 2 N–H and O–H groups in total. The van der Waals surface area contributed by atoms with Crippen LogP contribution in [0, 0.1) is 0 Å². The number of nitrogens with two attached hydrogens (primary N) is 1. The molecule has 2 rings (SSSR count). The maximum Gasteiger partial charge on any atom is 0.340 e. The van der Waals surface area contributed by atoms with Gasteiger partial charge in [0.1, 0.15) is 5.82 Å². The molecule has 0 aliphatic carbocycles. The first-order valence-corrected chi connectivity index (χ1v) is 7.48. The SMILES string of the molecule is CCOC(=O)c1cc(N(C)CCN2CCCC2)ncc1N. The van der Waals surface area contributed by atoms with Gasteiger partial charge in [-0.25, -0.2) is 9.78 Å². The smallest absolute Gasteiger partial charge is 0.340 e. The van der Waals surface area contributed by atoms with Gasteiger partial charge >= 0.3 is 5.97 Å². The summed E-state index contributed by atoms with van der Waals surface area (Å²) in [6.07, 6.45) is 4.10. The molecular formula is C15H24N4O2. The van der Waals surface area contributed by atoms with Crippen molar-refractivity contribution >= 4 is 17.5 Å². The highest BCUT2D eigenvalue weighted by molar-refractivity contribution is 5.95. The summed E-state index contributed by atoms with van der Waals surface area (Å²) in [6.45, 7) is 6.35. The van der Waals surface area contributed by atoms with Crippen LogP contribution in [0.3, 0.4) is 0 Å². The van der Waals surface area contributed by atoms with Gasteiger partial charge in [0.2, 0.25) is 0 Å². The summed E-state index contributed by atoms with van der Waals surface area (Å²) >= 11 is 0. The van der Waals surface area contributed by atoms with Crippen molar-refractivity contribution < 1.29 is 9.53 Å². The molecule has 0 amide bonds. The highest BCUT2D eigenvalue weighted by atomic mass is 16.5. The topological polar surface area (TPSA) is 71.7 Å². The number of likely N-dealkylation sites (tertiary alicyclic amines) is 1. The van der Waals surface area contributed by atoms with E-state index < -0.39 is 5.97 Å². The van der Waals surface area contributed by atoms with E-state index in [0.29, 0.717) is 17.9 Å². The van der Waals surface area contributed by atoms with Crippen LogP contribution in [0.2, 0.25) is 0 Å². The molecule has 1 saturated heterocycles. The quantitative estimate of drug-likeness (QED) is 0.799. The minimum atomic E-state index is -0.397. The van der Waals surface area contributed by atoms with Gasteiger partial charge in [0.05, 0.1) is 24.1 Å². The number of pyridine rings is 1. The summed E-state index contributed by atoms with van der Waals surface area (Å²) in [4.78, 5) is 20.6. The lowest BCUT2D eigenvalue weighted by atomic mass is 10.2. The Morgan fingerprint density at radius 2 is 2.19 bits per heavy atom. The van der Waals surface area contributed by atoms with Gasteiger partial charge in [-0.3, -0.25) is 0 Å². The molecule has 1 aliphatic heterocycles. The van der Waals surface area contributed by atoms with Crippen molar-refractivity contribution in [1.29, 1.82) is 0 Å². The van der Waals surface area contributed by atoms with E-state index in [9.17, 15) is 4.79 Å². The highest BCUT2D eigenvalue weighted by Crippen LogP contribution is 2.18. The van der Waals surface area contributed by atoms with E-state index >= 15 is 0 Å². The predicted octanol–water partition coefficient (Wildman–Crippen LogP) is 1.37. The minimum Gasteiger partial charge on any atom is -0.462 e. The fourth-order valence-corrected chi connectivity index (χ4v) is 2.46. The van der Waals surface area contributed by atoms with E-state index in [1.54, 1.807) is 13.0 Å². The largest absolute Gasteiger partial charge is 0.462 e. The molecule has 0 unspecified atom stereocenters. The molecule has 0 atom stereocenters. The van der Waals surface area contributed by atoms with Gasteiger partial charge < -0.3 is 20.3 Å². The number of anilines is 2. The fraction of sp³-hybridized carbons (Fsp3) is 0.600. The zero-order chi connectivity index (χ0) is 15.2. The van der Waals surface area contributed by atoms with E-state index in [4.69, 9.17) is 10.5 Å². The first-order valence-electron chi connectivity index (χ1n) is 7.48. The first-order chi connectivity index (χ1) is 10.1. The zero-order valence-electron chi connectivity index (χ0n) is 12.8. The number of likely N-dealkylation sites (N-methyl/N-ethyl adjacent to an activating group) is 1. The van der Waals surface area contributed by atoms with E-state index in [-0.39, 0.29) is 0 Å². The van der Waals surface area contributed by atoms with Crippen LogP contribution in [-0.2, 0) is 4.74 Å². The Hall–Kier alpha value is -1.82. The lowest BCUT2D eigenvalue weighted by molar-refractivity contribution is 0.0527. The Kier molecular flexibility index (Phi) is 5.38. The third-order valence-corrected chi connectivity index (χ3v) is 3.76. The van der Waals surface area contributed by atoms with Gasteiger partial charge in [-0.15, -0.1) is 0 Å². The third kappa shape index (κ3) is 4.07. The van der Waals surface area contributed by atoms with Crippen LogP contribution in [0.1, 0.15) is 30.1 Å². The Morgan fingerprint density at radius 1 is 1.48 bits per heavy atom. The second-order valence-corrected chi connectivity index (χ2v) is 5.32. The molecule has 0 bridgehead atoms. The van der Waals surface area contributed by atoms with Gasteiger partial charge in [-0.2, -0.15) is 0 Å². The van der Waals surface area contributed by atoms with Crippen molar-refractivity contribution in [3.63, 3.8) is 0 Å². The van der Waals surface area contributed by atoms with Crippen LogP contribution in [0.5, 0.6) is 0 Å². The van der Waals surface area contributed by atoms with Crippen molar-refractivity contribution in [2.45, 2.75) is 19.8 Å². The molecule has 6 heteroatoms. The average Bonchev–Trinajstić information content (AvgIpc) is 2.98. The van der Waals surface area contributed by atoms with Crippen molar-refractivity contribution in [3.05, 3.63) is 17.8 Å². The molecule has 6 nitrogen and oxygen atoms in total. The summed E-state index contributed by atoms with van der Waals surface area (Å²) in [6, 6.07) is 1.71. The summed E-state index contributed by atoms with van der Waals surface area (Å²) in [7, 11) is 1.98. The number of ether oxygens (including phenoxy) is 1. The average molecular weight is 292 g/mol. The number of nitrogens with zero attached hydrogens (tertiary/aromatic N) is 3. The first kappa shape index (κ1) is 15.6. The third-order valence-electron chi connectivity index (χ3n) is 3.76. The van der Waals surface area contributed by atoms with E-state index in [1.807, 2.05) is 11.9 Å². The predicted molar refractivity (Wildman–Crippen MR) is 83.5 cm³/mol. The van der Waals surface area contributed by atoms with Crippen LogP contribution in [-0.4, -0.2) is 55.7 Å². The second kappa shape index (κ2) is 7.26. The molecule has 1 aromatic heterocycles. The number of nitrogen functional groups attached to an aromatic ring is 1. The number of aromatic nitrogens is 1. The maximum absolute atomic E-state index is 11.9. The molecule has 21 heavy (non-hydrogen) atoms. The van der Waals surface area contributed by atoms with Crippen LogP contribution in [0.4, 0.5) is 11.5 Å². The Labute approximate surface area is 125 Å². The van der Waals surface area contributed by atoms with Crippen molar-refractivity contribution in [2.75, 3.05) is 50.5 Å². The van der Waals surface area contributed by atoms with Gasteiger partial charge in [0.25, 0.3) is 0 Å². The van der Waals surface area contributed by atoms with Crippen LogP contribution < -0.4 is 10.6 Å². The van der Waals surface area contributed by atoms with E-state index in [2.05, 4.69) is 9.88 Å². The number of hydrogen-bond acceptors (Lipinski definition) is 6. The molecule has 1 aliphatic rings. The molecule has 1 aromatic rings. The minimum absolute atomic E-state index is 0.334. The number of esters is 1. The van der Waals surface area contributed by atoms with Crippen LogP contribution in [0.25, 0.3) is 0 Å². The lowest BCUT2D eigenvalue weighted by Crippen LogP contribution is -2.32. The van der Waals surface area contributed by atoms with Gasteiger partial charge in [-0.05, 0) is 38.9 Å². The molecular weight excluding hydrogens is 268 g/mol. The molecule has 0 saturated carbocycles. The Bertz CT molecular complexity index is 487. The molecule has 2 heterocycles. The molecule has 1 fully saturated rings. The van der Waals surface area contributed by atoms with Crippen molar-refractivity contribution in [2.24, 2.45) is 0 Å². The Morgan fingerprint density at radius 3 is 2.86 bits per heavy atom. The van der Waals surface area contributed by atoms with Crippen LogP contribution >= 0.6 is 0 Å². The monoisotopic (exact) mass is 292 g/mol. The van der Waals surface area contributed by atoms with Gasteiger partial charge in [0, 0.05) is 20.1 Å². The number of hydrogen-bond donors (Lipinski definition) is 1. The molecule has 0 aromatic carbocycles. The zero-order valence-corrected chi connectivity index (χ0v) is 12.8.